The van der Waals surface area contributed by atoms with Crippen molar-refractivity contribution in [1.82, 2.24) is 14.9 Å². The molecule has 1 amide bonds. The minimum absolute atomic E-state index is 0.0264. The second-order valence-electron chi connectivity index (χ2n) is 8.82. The molecule has 0 radical (unpaired) electrons. The number of carbonyl (C=O) groups is 1. The number of aromatic nitrogens is 2. The van der Waals surface area contributed by atoms with Gasteiger partial charge in [0.2, 0.25) is 11.9 Å². The van der Waals surface area contributed by atoms with Crippen LogP contribution in [0.4, 0.5) is 47.7 Å². The summed E-state index contributed by atoms with van der Waals surface area (Å²) < 4.78 is 46.7. The average molecular weight is 540 g/mol. The summed E-state index contributed by atoms with van der Waals surface area (Å²) in [6, 6.07) is 12.0. The Balaban J connectivity index is 1.54. The van der Waals surface area contributed by atoms with Gasteiger partial charge in [-0.05, 0) is 36.4 Å². The highest BCUT2D eigenvalue weighted by atomic mass is 19.4. The van der Waals surface area contributed by atoms with Crippen LogP contribution in [0.1, 0.15) is 12.5 Å². The lowest BCUT2D eigenvalue weighted by Gasteiger charge is -2.39. The average Bonchev–Trinajstić information content (AvgIpc) is 2.86. The molecule has 1 aromatic heterocycles. The molecule has 204 valence electrons. The Hall–Kier alpha value is -4.74. The zero-order valence-electron chi connectivity index (χ0n) is 21.4. The Kier molecular flexibility index (Phi) is 7.93. The third kappa shape index (κ3) is 6.78. The summed E-state index contributed by atoms with van der Waals surface area (Å²) in [4.78, 5) is 21.1. The van der Waals surface area contributed by atoms with Crippen molar-refractivity contribution in [2.75, 3.05) is 41.5 Å². The molecule has 1 aliphatic heterocycles. The van der Waals surface area contributed by atoms with E-state index in [1.165, 1.54) is 20.1 Å². The van der Waals surface area contributed by atoms with Gasteiger partial charge in [-0.1, -0.05) is 19.2 Å². The number of hydrogen-bond acceptors (Lipinski definition) is 8. The minimum atomic E-state index is -4.68. The van der Waals surface area contributed by atoms with Gasteiger partial charge in [-0.15, -0.1) is 0 Å². The number of allylic oxidation sites excluding steroid dienone is 1. The summed E-state index contributed by atoms with van der Waals surface area (Å²) in [6.07, 6.45) is -2.44. The van der Waals surface area contributed by atoms with Crippen molar-refractivity contribution in [1.29, 1.82) is 0 Å². The van der Waals surface area contributed by atoms with Gasteiger partial charge in [-0.2, -0.15) is 18.2 Å². The predicted molar refractivity (Wildman–Crippen MR) is 146 cm³/mol. The van der Waals surface area contributed by atoms with Crippen LogP contribution in [0.5, 0.6) is 5.75 Å². The van der Waals surface area contributed by atoms with Gasteiger partial charge in [-0.3, -0.25) is 4.79 Å². The highest BCUT2D eigenvalue weighted by Gasteiger charge is 2.35. The molecule has 2 heterocycles. The van der Waals surface area contributed by atoms with E-state index in [2.05, 4.69) is 44.4 Å². The Morgan fingerprint density at radius 1 is 1.13 bits per heavy atom. The number of nitrogens with zero attached hydrogens (tertiary/aromatic N) is 3. The predicted octanol–water partition coefficient (Wildman–Crippen LogP) is 5.75. The van der Waals surface area contributed by atoms with E-state index < -0.39 is 17.6 Å². The first kappa shape index (κ1) is 27.3. The van der Waals surface area contributed by atoms with E-state index >= 15 is 0 Å². The molecule has 1 fully saturated rings. The van der Waals surface area contributed by atoms with E-state index in [0.717, 1.165) is 11.9 Å². The summed E-state index contributed by atoms with van der Waals surface area (Å²) >= 11 is 0. The van der Waals surface area contributed by atoms with Gasteiger partial charge in [-0.25, -0.2) is 4.98 Å². The molecule has 4 N–H and O–H groups in total. The maximum atomic E-state index is 13.8. The fourth-order valence-electron chi connectivity index (χ4n) is 3.86. The fraction of sp³-hybridized carbons (Fsp3) is 0.222. The van der Waals surface area contributed by atoms with E-state index in [1.807, 2.05) is 0 Å². The number of nitrogens with one attached hydrogen (secondary N) is 4. The smallest absolute Gasteiger partial charge is 0.421 e. The van der Waals surface area contributed by atoms with Crippen molar-refractivity contribution >= 4 is 40.4 Å². The second-order valence-corrected chi connectivity index (χ2v) is 8.82. The molecule has 0 aliphatic carbocycles. The first-order valence-electron chi connectivity index (χ1n) is 11.9. The molecule has 0 atom stereocenters. The third-order valence-electron chi connectivity index (χ3n) is 5.92. The molecule has 3 aromatic rings. The maximum Gasteiger partial charge on any atom is 0.421 e. The molecule has 1 aliphatic rings. The highest BCUT2D eigenvalue weighted by molar-refractivity contribution is 5.75. The van der Waals surface area contributed by atoms with Crippen molar-refractivity contribution in [2.45, 2.75) is 19.1 Å². The molecular formula is C27H28F3N7O2. The van der Waals surface area contributed by atoms with Crippen molar-refractivity contribution in [3.05, 3.63) is 79.2 Å². The molecule has 4 rings (SSSR count). The van der Waals surface area contributed by atoms with Gasteiger partial charge < -0.3 is 30.9 Å². The lowest BCUT2D eigenvalue weighted by molar-refractivity contribution is -0.137. The normalized spacial score (nSPS) is 13.2. The summed E-state index contributed by atoms with van der Waals surface area (Å²) in [5.41, 5.74) is 1.74. The molecule has 9 nitrogen and oxygen atoms in total. The van der Waals surface area contributed by atoms with Crippen molar-refractivity contribution < 1.29 is 22.7 Å². The van der Waals surface area contributed by atoms with E-state index in [0.29, 0.717) is 41.6 Å². The summed E-state index contributed by atoms with van der Waals surface area (Å²) in [7, 11) is 1.48. The molecule has 0 saturated carbocycles. The number of likely N-dealkylation sites (tertiary alicyclic amines) is 1. The van der Waals surface area contributed by atoms with E-state index in [4.69, 9.17) is 4.74 Å². The number of carbonyl (C=O) groups excluding carboxylic acids is 1. The zero-order chi connectivity index (χ0) is 28.2. The molecule has 1 saturated heterocycles. The number of benzene rings is 2. The van der Waals surface area contributed by atoms with Gasteiger partial charge >= 0.3 is 6.18 Å². The quantitative estimate of drug-likeness (QED) is 0.242. The van der Waals surface area contributed by atoms with E-state index in [1.54, 1.807) is 47.4 Å². The van der Waals surface area contributed by atoms with Crippen LogP contribution in [-0.4, -0.2) is 47.0 Å². The standard InChI is InChI=1S/C27H28F3N7O2/c1-5-16(2)32-18-7-6-8-19(11-18)34-25-22(27(28,29)30)13-31-26(36-25)35-23-10-9-20(12-24(23)39-4)33-21-14-37(15-21)17(3)38/h5-13,21,32-33H,1-2,14-15H2,3-4H3,(H2,31,34,35,36). The molecular weight excluding hydrogens is 511 g/mol. The number of halogens is 3. The summed E-state index contributed by atoms with van der Waals surface area (Å²) in [5.74, 6) is -0.0209. The number of anilines is 6. The van der Waals surface area contributed by atoms with Gasteiger partial charge in [0.1, 0.15) is 17.1 Å². The Bertz CT molecular complexity index is 1390. The molecule has 0 unspecified atom stereocenters. The number of rotatable bonds is 10. The van der Waals surface area contributed by atoms with Crippen LogP contribution < -0.4 is 26.0 Å². The molecule has 0 bridgehead atoms. The van der Waals surface area contributed by atoms with Crippen LogP contribution in [0.15, 0.2) is 73.6 Å². The van der Waals surface area contributed by atoms with E-state index in [-0.39, 0.29) is 17.9 Å². The van der Waals surface area contributed by atoms with Crippen LogP contribution in [0.2, 0.25) is 0 Å². The molecule has 0 spiro atoms. The van der Waals surface area contributed by atoms with Crippen LogP contribution in [0.25, 0.3) is 0 Å². The third-order valence-corrected chi connectivity index (χ3v) is 5.92. The summed E-state index contributed by atoms with van der Waals surface area (Å²) in [6.45, 7) is 10.1. The van der Waals surface area contributed by atoms with E-state index in [9.17, 15) is 18.0 Å². The molecule has 2 aromatic carbocycles. The van der Waals surface area contributed by atoms with Gasteiger partial charge in [0.25, 0.3) is 0 Å². The van der Waals surface area contributed by atoms with Crippen LogP contribution in [0, 0.1) is 0 Å². The van der Waals surface area contributed by atoms with Crippen molar-refractivity contribution in [3.63, 3.8) is 0 Å². The van der Waals surface area contributed by atoms with Gasteiger partial charge in [0, 0.05) is 55.0 Å². The topological polar surface area (TPSA) is 103 Å². The van der Waals surface area contributed by atoms with Gasteiger partial charge in [0.05, 0.1) is 18.8 Å². The SMILES string of the molecule is C=CC(=C)Nc1cccc(Nc2nc(Nc3ccc(NC4CN(C(C)=O)C4)cc3OC)ncc2C(F)(F)F)c1. The first-order valence-corrected chi connectivity index (χ1v) is 11.9. The molecule has 39 heavy (non-hydrogen) atoms. The second kappa shape index (κ2) is 11.3. The Labute approximate surface area is 223 Å². The highest BCUT2D eigenvalue weighted by Crippen LogP contribution is 2.37. The lowest BCUT2D eigenvalue weighted by Crippen LogP contribution is -2.56. The Morgan fingerprint density at radius 3 is 2.54 bits per heavy atom. The Morgan fingerprint density at radius 2 is 1.87 bits per heavy atom. The minimum Gasteiger partial charge on any atom is -0.494 e. The van der Waals surface area contributed by atoms with Crippen LogP contribution in [0.3, 0.4) is 0 Å². The fourth-order valence-corrected chi connectivity index (χ4v) is 3.86. The zero-order valence-corrected chi connectivity index (χ0v) is 21.4. The number of alkyl halides is 3. The maximum absolute atomic E-state index is 13.8. The summed E-state index contributed by atoms with van der Waals surface area (Å²) in [5, 5.41) is 12.0. The van der Waals surface area contributed by atoms with Crippen molar-refractivity contribution in [3.8, 4) is 5.75 Å². The lowest BCUT2D eigenvalue weighted by atomic mass is 10.1. The largest absolute Gasteiger partial charge is 0.494 e. The monoisotopic (exact) mass is 539 g/mol. The number of hydrogen-bond donors (Lipinski definition) is 4. The van der Waals surface area contributed by atoms with Gasteiger partial charge in [0.15, 0.2) is 0 Å². The van der Waals surface area contributed by atoms with Crippen molar-refractivity contribution in [2.24, 2.45) is 0 Å². The number of amides is 1. The molecule has 12 heteroatoms. The van der Waals surface area contributed by atoms with Crippen LogP contribution in [-0.2, 0) is 11.0 Å². The number of ether oxygens (including phenoxy) is 1. The first-order chi connectivity index (χ1) is 18.5. The number of methoxy groups -OCH3 is 1. The van der Waals surface area contributed by atoms with Crippen LogP contribution >= 0.6 is 0 Å².